The van der Waals surface area contributed by atoms with Gasteiger partial charge in [-0.1, -0.05) is 0 Å². The Hall–Kier alpha value is -0.260. The van der Waals surface area contributed by atoms with E-state index < -0.39 is 0 Å². The van der Waals surface area contributed by atoms with Crippen molar-refractivity contribution in [1.29, 1.82) is 0 Å². The number of likely N-dealkylation sites (tertiary alicyclic amines) is 1. The molecule has 3 rings (SSSR count). The highest BCUT2D eigenvalue weighted by molar-refractivity contribution is 7.99. The summed E-state index contributed by atoms with van der Waals surface area (Å²) in [6.07, 6.45) is 6.17. The third-order valence-electron chi connectivity index (χ3n) is 5.30. The second kappa shape index (κ2) is 7.34. The van der Waals surface area contributed by atoms with E-state index in [0.29, 0.717) is 24.5 Å². The first kappa shape index (κ1) is 15.6. The Labute approximate surface area is 133 Å². The van der Waals surface area contributed by atoms with Gasteiger partial charge in [-0.2, -0.15) is 0 Å². The molecule has 4 nitrogen and oxygen atoms in total. The molecule has 0 aromatic heterocycles. The number of nitrogens with zero attached hydrogens (tertiary/aromatic N) is 2. The van der Waals surface area contributed by atoms with Crippen LogP contribution >= 0.6 is 11.8 Å². The molecule has 5 heteroatoms. The predicted molar refractivity (Wildman–Crippen MR) is 88.4 cm³/mol. The molecular weight excluding hydrogens is 282 g/mol. The molecule has 0 aromatic rings. The molecule has 1 amide bonds. The predicted octanol–water partition coefficient (Wildman–Crippen LogP) is 1.76. The van der Waals surface area contributed by atoms with E-state index in [9.17, 15) is 4.79 Å². The highest BCUT2D eigenvalue weighted by atomic mass is 32.2. The van der Waals surface area contributed by atoms with Gasteiger partial charge in [-0.3, -0.25) is 9.69 Å². The molecule has 0 aromatic carbocycles. The summed E-state index contributed by atoms with van der Waals surface area (Å²) in [6.45, 7) is 6.21. The molecule has 1 saturated carbocycles. The number of hydrogen-bond donors (Lipinski definition) is 1. The van der Waals surface area contributed by atoms with Gasteiger partial charge in [-0.15, -0.1) is 11.8 Å². The minimum Gasteiger partial charge on any atom is -0.339 e. The van der Waals surface area contributed by atoms with Gasteiger partial charge in [0, 0.05) is 43.3 Å². The van der Waals surface area contributed by atoms with Crippen LogP contribution in [0, 0.1) is 5.92 Å². The lowest BCUT2D eigenvalue weighted by Crippen LogP contribution is -2.42. The molecule has 0 radical (unpaired) electrons. The standard InChI is InChI=1S/C16H29N3OS/c1-13-3-2-6-19(13)16(20)10-17-15-5-4-14(9-15)11-18-7-8-21-12-18/h13-15,17H,2-12H2,1H3/t13-,14?,15?/m1/s1. The molecule has 2 heterocycles. The Kier molecular flexibility index (Phi) is 5.46. The smallest absolute Gasteiger partial charge is 0.236 e. The van der Waals surface area contributed by atoms with Crippen LogP contribution in [0.5, 0.6) is 0 Å². The van der Waals surface area contributed by atoms with Crippen molar-refractivity contribution >= 4 is 17.7 Å². The third kappa shape index (κ3) is 4.14. The molecule has 0 spiro atoms. The third-order valence-corrected chi connectivity index (χ3v) is 6.32. The second-order valence-electron chi connectivity index (χ2n) is 6.95. The molecule has 3 fully saturated rings. The number of carbonyl (C=O) groups excluding carboxylic acids is 1. The molecule has 1 aliphatic carbocycles. The zero-order valence-corrected chi connectivity index (χ0v) is 14.0. The Morgan fingerprint density at radius 2 is 2.19 bits per heavy atom. The molecule has 3 atom stereocenters. The number of hydrogen-bond acceptors (Lipinski definition) is 4. The highest BCUT2D eigenvalue weighted by Crippen LogP contribution is 2.28. The van der Waals surface area contributed by atoms with Crippen LogP contribution in [0.15, 0.2) is 0 Å². The lowest BCUT2D eigenvalue weighted by Gasteiger charge is -2.23. The van der Waals surface area contributed by atoms with Gasteiger partial charge in [0.1, 0.15) is 0 Å². The van der Waals surface area contributed by atoms with Crippen LogP contribution in [0.4, 0.5) is 0 Å². The van der Waals surface area contributed by atoms with Crippen molar-refractivity contribution in [2.75, 3.05) is 37.8 Å². The summed E-state index contributed by atoms with van der Waals surface area (Å²) in [6, 6.07) is 1.01. The van der Waals surface area contributed by atoms with Crippen LogP contribution in [0.1, 0.15) is 39.0 Å². The van der Waals surface area contributed by atoms with E-state index in [-0.39, 0.29) is 0 Å². The van der Waals surface area contributed by atoms with E-state index in [4.69, 9.17) is 0 Å². The number of amides is 1. The van der Waals surface area contributed by atoms with Crippen molar-refractivity contribution in [3.05, 3.63) is 0 Å². The zero-order chi connectivity index (χ0) is 14.7. The van der Waals surface area contributed by atoms with Gasteiger partial charge >= 0.3 is 0 Å². The summed E-state index contributed by atoms with van der Waals surface area (Å²) in [5, 5.41) is 3.52. The van der Waals surface area contributed by atoms with Gasteiger partial charge in [-0.25, -0.2) is 0 Å². The fraction of sp³-hybridized carbons (Fsp3) is 0.938. The Bertz CT molecular complexity index is 359. The molecule has 3 aliphatic rings. The summed E-state index contributed by atoms with van der Waals surface area (Å²) in [5.41, 5.74) is 0. The quantitative estimate of drug-likeness (QED) is 0.839. The largest absolute Gasteiger partial charge is 0.339 e. The number of rotatable bonds is 5. The first-order valence-corrected chi connectivity index (χ1v) is 9.71. The molecule has 21 heavy (non-hydrogen) atoms. The maximum Gasteiger partial charge on any atom is 0.236 e. The van der Waals surface area contributed by atoms with E-state index in [1.807, 2.05) is 0 Å². The van der Waals surface area contributed by atoms with Crippen molar-refractivity contribution in [2.45, 2.75) is 51.1 Å². The van der Waals surface area contributed by atoms with E-state index in [2.05, 4.69) is 33.8 Å². The maximum absolute atomic E-state index is 12.2. The fourth-order valence-corrected chi connectivity index (χ4v) is 5.03. The SMILES string of the molecule is C[C@@H]1CCCN1C(=O)CNC1CCC(CN2CCSC2)C1. The molecular formula is C16H29N3OS. The molecule has 0 bridgehead atoms. The lowest BCUT2D eigenvalue weighted by molar-refractivity contribution is -0.130. The first-order chi connectivity index (χ1) is 10.2. The van der Waals surface area contributed by atoms with E-state index in [1.165, 1.54) is 56.8 Å². The van der Waals surface area contributed by atoms with Gasteiger partial charge in [0.25, 0.3) is 0 Å². The zero-order valence-electron chi connectivity index (χ0n) is 13.2. The van der Waals surface area contributed by atoms with Crippen molar-refractivity contribution in [1.82, 2.24) is 15.1 Å². The van der Waals surface area contributed by atoms with Gasteiger partial charge in [0.15, 0.2) is 0 Å². The van der Waals surface area contributed by atoms with Crippen LogP contribution in [-0.2, 0) is 4.79 Å². The summed E-state index contributed by atoms with van der Waals surface area (Å²) in [4.78, 5) is 16.9. The molecule has 2 unspecified atom stereocenters. The highest BCUT2D eigenvalue weighted by Gasteiger charge is 2.29. The van der Waals surface area contributed by atoms with Crippen LogP contribution in [-0.4, -0.2) is 65.6 Å². The van der Waals surface area contributed by atoms with Crippen molar-refractivity contribution in [3.63, 3.8) is 0 Å². The van der Waals surface area contributed by atoms with Gasteiger partial charge < -0.3 is 10.2 Å². The molecule has 1 N–H and O–H groups in total. The number of nitrogens with one attached hydrogen (secondary N) is 1. The topological polar surface area (TPSA) is 35.6 Å². The normalized spacial score (nSPS) is 34.0. The summed E-state index contributed by atoms with van der Waals surface area (Å²) >= 11 is 2.05. The second-order valence-corrected chi connectivity index (χ2v) is 8.02. The Balaban J connectivity index is 1.35. The number of carbonyl (C=O) groups is 1. The average molecular weight is 311 g/mol. The van der Waals surface area contributed by atoms with E-state index >= 15 is 0 Å². The molecule has 2 saturated heterocycles. The van der Waals surface area contributed by atoms with Gasteiger partial charge in [-0.05, 0) is 44.9 Å². The Morgan fingerprint density at radius 1 is 1.29 bits per heavy atom. The van der Waals surface area contributed by atoms with Crippen LogP contribution in [0.2, 0.25) is 0 Å². The van der Waals surface area contributed by atoms with E-state index in [1.54, 1.807) is 0 Å². The van der Waals surface area contributed by atoms with Gasteiger partial charge in [0.2, 0.25) is 5.91 Å². The number of thioether (sulfide) groups is 1. The van der Waals surface area contributed by atoms with Crippen LogP contribution in [0.25, 0.3) is 0 Å². The summed E-state index contributed by atoms with van der Waals surface area (Å²) in [7, 11) is 0. The van der Waals surface area contributed by atoms with E-state index in [0.717, 1.165) is 12.5 Å². The fourth-order valence-electron chi connectivity index (χ4n) is 4.02. The molecule has 2 aliphatic heterocycles. The lowest BCUT2D eigenvalue weighted by atomic mass is 10.1. The first-order valence-electron chi connectivity index (χ1n) is 8.55. The minimum atomic E-state index is 0.305. The summed E-state index contributed by atoms with van der Waals surface area (Å²) in [5.74, 6) is 3.66. The van der Waals surface area contributed by atoms with Gasteiger partial charge in [0.05, 0.1) is 6.54 Å². The summed E-state index contributed by atoms with van der Waals surface area (Å²) < 4.78 is 0. The average Bonchev–Trinajstić information content (AvgIpc) is 3.19. The van der Waals surface area contributed by atoms with Crippen molar-refractivity contribution < 1.29 is 4.79 Å². The van der Waals surface area contributed by atoms with Crippen molar-refractivity contribution in [3.8, 4) is 0 Å². The maximum atomic E-state index is 12.2. The Morgan fingerprint density at radius 3 is 2.90 bits per heavy atom. The van der Waals surface area contributed by atoms with Crippen molar-refractivity contribution in [2.24, 2.45) is 5.92 Å². The van der Waals surface area contributed by atoms with Crippen LogP contribution in [0.3, 0.4) is 0 Å². The monoisotopic (exact) mass is 311 g/mol. The molecule has 120 valence electrons. The minimum absolute atomic E-state index is 0.305. The van der Waals surface area contributed by atoms with Crippen LogP contribution < -0.4 is 5.32 Å².